The number of carbonyl (C=O) groups is 2. The summed E-state index contributed by atoms with van der Waals surface area (Å²) in [5.74, 6) is -0.150. The summed E-state index contributed by atoms with van der Waals surface area (Å²) < 4.78 is 5.65. The van der Waals surface area contributed by atoms with E-state index in [9.17, 15) is 9.59 Å². The molecule has 3 rings (SSSR count). The first-order valence-electron chi connectivity index (χ1n) is 9.77. The van der Waals surface area contributed by atoms with Crippen LogP contribution < -0.4 is 10.2 Å². The average Bonchev–Trinajstić information content (AvgIpc) is 3.30. The lowest BCUT2D eigenvalue weighted by molar-refractivity contribution is 0.0538. The summed E-state index contributed by atoms with van der Waals surface area (Å²) in [5, 5.41) is 4.11. The molecule has 0 saturated carbocycles. The normalized spacial score (nSPS) is 19.1. The summed E-state index contributed by atoms with van der Waals surface area (Å²) in [7, 11) is 5.08. The van der Waals surface area contributed by atoms with Gasteiger partial charge in [-0.1, -0.05) is 29.9 Å². The van der Waals surface area contributed by atoms with Crippen LogP contribution in [0, 0.1) is 6.92 Å². The van der Waals surface area contributed by atoms with Gasteiger partial charge in [0.25, 0.3) is 11.8 Å². The highest BCUT2D eigenvalue weighted by molar-refractivity contribution is 7.17. The van der Waals surface area contributed by atoms with Crippen molar-refractivity contribution in [2.24, 2.45) is 0 Å². The minimum atomic E-state index is -0.305. The number of imidazole rings is 1. The number of hydrogen-bond donors (Lipinski definition) is 2. The Balaban J connectivity index is 1.68. The maximum Gasteiger partial charge on any atom is 0.287 e. The number of nitrogens with zero attached hydrogens (tertiary/aromatic N) is 4. The largest absolute Gasteiger partial charge is 0.377 e. The molecule has 0 radical (unpaired) electrons. The van der Waals surface area contributed by atoms with Gasteiger partial charge in [-0.15, -0.1) is 0 Å². The van der Waals surface area contributed by atoms with Crippen LogP contribution in [0.2, 0.25) is 5.15 Å². The molecular weight excluding hydrogens is 428 g/mol. The molecule has 164 valence electrons. The third kappa shape index (κ3) is 4.60. The molecule has 2 aromatic rings. The van der Waals surface area contributed by atoms with E-state index in [1.54, 1.807) is 26.1 Å². The van der Waals surface area contributed by atoms with Gasteiger partial charge in [-0.2, -0.15) is 0 Å². The molecule has 1 aliphatic rings. The van der Waals surface area contributed by atoms with Crippen molar-refractivity contribution < 1.29 is 14.3 Å². The number of rotatable bonds is 6. The number of aryl methyl sites for hydroxylation is 2. The molecule has 0 aliphatic carbocycles. The van der Waals surface area contributed by atoms with E-state index < -0.39 is 0 Å². The lowest BCUT2D eigenvalue weighted by Crippen LogP contribution is -2.55. The number of aromatic nitrogens is 3. The fourth-order valence-corrected chi connectivity index (χ4v) is 4.77. The van der Waals surface area contributed by atoms with Crippen LogP contribution in [0.3, 0.4) is 0 Å². The molecule has 3 heterocycles. The van der Waals surface area contributed by atoms with Gasteiger partial charge in [-0.05, 0) is 19.8 Å². The summed E-state index contributed by atoms with van der Waals surface area (Å²) in [6.45, 7) is 5.03. The van der Waals surface area contributed by atoms with Crippen molar-refractivity contribution in [1.82, 2.24) is 25.2 Å². The van der Waals surface area contributed by atoms with E-state index in [2.05, 4.69) is 25.2 Å². The minimum absolute atomic E-state index is 0.0507. The summed E-state index contributed by atoms with van der Waals surface area (Å²) in [5.41, 5.74) is 1.46. The Kier molecular flexibility index (Phi) is 6.99. The van der Waals surface area contributed by atoms with Crippen LogP contribution >= 0.6 is 22.9 Å². The van der Waals surface area contributed by atoms with Crippen molar-refractivity contribution in [2.75, 3.05) is 39.2 Å². The molecule has 2 atom stereocenters. The van der Waals surface area contributed by atoms with Gasteiger partial charge >= 0.3 is 0 Å². The number of piperidine rings is 1. The standard InChI is InChI=1S/C19H27ClN6O3S/c1-6-11-15(20)24-16(22-11)17(27)23-12-7-8-26(9-13(12)29-5)19-21-10(2)14(30-19)18(28)25(3)4/h12-13H,6-9H2,1-5H3,(H,22,24)(H,23,27). The predicted octanol–water partition coefficient (Wildman–Crippen LogP) is 2.12. The molecule has 0 spiro atoms. The number of halogens is 1. The summed E-state index contributed by atoms with van der Waals surface area (Å²) in [6.07, 6.45) is 1.12. The Morgan fingerprint density at radius 2 is 2.13 bits per heavy atom. The van der Waals surface area contributed by atoms with E-state index in [0.29, 0.717) is 36.0 Å². The number of nitrogens with one attached hydrogen (secondary N) is 2. The molecule has 1 saturated heterocycles. The molecule has 0 bridgehead atoms. The van der Waals surface area contributed by atoms with Crippen molar-refractivity contribution in [3.63, 3.8) is 0 Å². The van der Waals surface area contributed by atoms with E-state index in [1.165, 1.54) is 11.3 Å². The van der Waals surface area contributed by atoms with Crippen LogP contribution in [0.5, 0.6) is 0 Å². The quantitative estimate of drug-likeness (QED) is 0.692. The molecule has 11 heteroatoms. The highest BCUT2D eigenvalue weighted by Gasteiger charge is 2.33. The molecule has 0 aromatic carbocycles. The van der Waals surface area contributed by atoms with E-state index in [4.69, 9.17) is 16.3 Å². The monoisotopic (exact) mass is 454 g/mol. The van der Waals surface area contributed by atoms with Crippen LogP contribution in [-0.2, 0) is 11.2 Å². The molecule has 9 nitrogen and oxygen atoms in total. The number of carbonyl (C=O) groups excluding carboxylic acids is 2. The maximum atomic E-state index is 12.6. The Hall–Kier alpha value is -2.17. The molecular formula is C19H27ClN6O3S. The van der Waals surface area contributed by atoms with Crippen LogP contribution in [-0.4, -0.2) is 78.1 Å². The van der Waals surface area contributed by atoms with Crippen LogP contribution in [0.15, 0.2) is 0 Å². The lowest BCUT2D eigenvalue weighted by atomic mass is 10.0. The molecule has 2 aromatic heterocycles. The van der Waals surface area contributed by atoms with Crippen molar-refractivity contribution in [3.05, 3.63) is 27.2 Å². The Bertz CT molecular complexity index is 928. The average molecular weight is 455 g/mol. The number of hydrogen-bond acceptors (Lipinski definition) is 7. The van der Waals surface area contributed by atoms with Gasteiger partial charge in [0, 0.05) is 34.3 Å². The van der Waals surface area contributed by atoms with Crippen molar-refractivity contribution in [2.45, 2.75) is 38.8 Å². The summed E-state index contributed by atoms with van der Waals surface area (Å²) in [6, 6.07) is -0.170. The van der Waals surface area contributed by atoms with Gasteiger partial charge in [0.1, 0.15) is 4.88 Å². The Labute approximate surface area is 184 Å². The highest BCUT2D eigenvalue weighted by Crippen LogP contribution is 2.29. The Morgan fingerprint density at radius 1 is 1.40 bits per heavy atom. The minimum Gasteiger partial charge on any atom is -0.377 e. The van der Waals surface area contributed by atoms with Crippen LogP contribution in [0.1, 0.15) is 45.0 Å². The number of aromatic amines is 1. The zero-order valence-electron chi connectivity index (χ0n) is 17.8. The molecule has 2 amide bonds. The van der Waals surface area contributed by atoms with Crippen molar-refractivity contribution in [1.29, 1.82) is 0 Å². The Morgan fingerprint density at radius 3 is 2.73 bits per heavy atom. The van der Waals surface area contributed by atoms with Gasteiger partial charge in [0.05, 0.1) is 23.5 Å². The fraction of sp³-hybridized carbons (Fsp3) is 0.579. The first-order chi connectivity index (χ1) is 14.2. The van der Waals surface area contributed by atoms with Crippen LogP contribution in [0.4, 0.5) is 5.13 Å². The number of thiazole rings is 1. The number of ether oxygens (including phenoxy) is 1. The zero-order chi connectivity index (χ0) is 22.0. The first kappa shape index (κ1) is 22.5. The zero-order valence-corrected chi connectivity index (χ0v) is 19.4. The maximum absolute atomic E-state index is 12.6. The van der Waals surface area contributed by atoms with Gasteiger partial charge in [0.15, 0.2) is 16.1 Å². The summed E-state index contributed by atoms with van der Waals surface area (Å²) >= 11 is 7.43. The number of methoxy groups -OCH3 is 1. The first-order valence-corrected chi connectivity index (χ1v) is 11.0. The van der Waals surface area contributed by atoms with E-state index in [0.717, 1.165) is 16.5 Å². The van der Waals surface area contributed by atoms with Gasteiger partial charge < -0.3 is 24.8 Å². The molecule has 2 unspecified atom stereocenters. The SMILES string of the molecule is CCc1[nH]c(C(=O)NC2CCN(c3nc(C)c(C(=O)N(C)C)s3)CC2OC)nc1Cl. The summed E-state index contributed by atoms with van der Waals surface area (Å²) in [4.78, 5) is 40.9. The molecule has 1 fully saturated rings. The highest BCUT2D eigenvalue weighted by atomic mass is 35.5. The van der Waals surface area contributed by atoms with Crippen molar-refractivity contribution >= 4 is 39.9 Å². The fourth-order valence-electron chi connectivity index (χ4n) is 3.38. The van der Waals surface area contributed by atoms with Gasteiger partial charge in [-0.25, -0.2) is 9.97 Å². The lowest BCUT2D eigenvalue weighted by Gasteiger charge is -2.37. The smallest absolute Gasteiger partial charge is 0.287 e. The van der Waals surface area contributed by atoms with Crippen LogP contribution in [0.25, 0.3) is 0 Å². The predicted molar refractivity (Wildman–Crippen MR) is 117 cm³/mol. The topological polar surface area (TPSA) is 103 Å². The van der Waals surface area contributed by atoms with Crippen molar-refractivity contribution in [3.8, 4) is 0 Å². The molecule has 30 heavy (non-hydrogen) atoms. The van der Waals surface area contributed by atoms with Gasteiger partial charge in [-0.3, -0.25) is 9.59 Å². The second-order valence-electron chi connectivity index (χ2n) is 7.41. The third-order valence-electron chi connectivity index (χ3n) is 5.13. The number of H-pyrrole nitrogens is 1. The van der Waals surface area contributed by atoms with E-state index in [-0.39, 0.29) is 29.8 Å². The second-order valence-corrected chi connectivity index (χ2v) is 8.74. The van der Waals surface area contributed by atoms with E-state index >= 15 is 0 Å². The second kappa shape index (κ2) is 9.32. The van der Waals surface area contributed by atoms with E-state index in [1.807, 2.05) is 13.8 Å². The van der Waals surface area contributed by atoms with Gasteiger partial charge in [0.2, 0.25) is 0 Å². The number of amides is 2. The molecule has 1 aliphatic heterocycles. The number of anilines is 1. The third-order valence-corrected chi connectivity index (χ3v) is 6.65. The molecule has 2 N–H and O–H groups in total.